The van der Waals surface area contributed by atoms with Crippen LogP contribution >= 0.6 is 0 Å². The first-order valence-electron chi connectivity index (χ1n) is 12.0. The summed E-state index contributed by atoms with van der Waals surface area (Å²) in [7, 11) is 3.51. The van der Waals surface area contributed by atoms with Crippen molar-refractivity contribution in [1.82, 2.24) is 14.7 Å². The zero-order chi connectivity index (χ0) is 25.2. The highest BCUT2D eigenvalue weighted by molar-refractivity contribution is 5.66. The first-order chi connectivity index (χ1) is 17.0. The average molecular weight is 480 g/mol. The van der Waals surface area contributed by atoms with Crippen LogP contribution in [0.1, 0.15) is 25.8 Å². The average Bonchev–Trinajstić information content (AvgIpc) is 3.18. The van der Waals surface area contributed by atoms with Crippen molar-refractivity contribution in [2.45, 2.75) is 39.0 Å². The van der Waals surface area contributed by atoms with E-state index < -0.39 is 6.10 Å². The van der Waals surface area contributed by atoms with Crippen LogP contribution in [0.4, 0.5) is 0 Å². The summed E-state index contributed by atoms with van der Waals surface area (Å²) in [6, 6.07) is 17.9. The van der Waals surface area contributed by atoms with Crippen molar-refractivity contribution in [2.75, 3.05) is 26.9 Å². The molecule has 0 saturated carbocycles. The molecule has 1 aromatic heterocycles. The Bertz CT molecular complexity index is 1070. The Morgan fingerprint density at radius 1 is 1.11 bits per heavy atom. The van der Waals surface area contributed by atoms with Crippen molar-refractivity contribution in [2.24, 2.45) is 7.05 Å². The minimum Gasteiger partial charge on any atom is -0.493 e. The van der Waals surface area contributed by atoms with Gasteiger partial charge in [0.05, 0.1) is 32.0 Å². The van der Waals surface area contributed by atoms with Crippen LogP contribution in [-0.2, 0) is 18.3 Å². The summed E-state index contributed by atoms with van der Waals surface area (Å²) < 4.78 is 19.2. The van der Waals surface area contributed by atoms with Crippen LogP contribution < -0.4 is 9.47 Å². The van der Waals surface area contributed by atoms with E-state index >= 15 is 0 Å². The molecule has 2 unspecified atom stereocenters. The predicted octanol–water partition coefficient (Wildman–Crippen LogP) is 5.05. The standard InChI is InChI=1S/C28H37N3O4/c1-6-17-34-20-23(32)18-31(21(3)7-2)19-24-27(22-13-9-8-10-14-22)29-30(4)28(24)35-26-16-12-11-15-25(26)33-5/h6,8-16,21,23,32H,1,7,17-20H2,2-5H3. The molecular weight excluding hydrogens is 442 g/mol. The molecule has 35 heavy (non-hydrogen) atoms. The number of aromatic nitrogens is 2. The van der Waals surface area contributed by atoms with E-state index in [9.17, 15) is 5.11 Å². The Labute approximate surface area is 208 Å². The number of nitrogens with zero attached hydrogens (tertiary/aromatic N) is 3. The van der Waals surface area contributed by atoms with E-state index in [-0.39, 0.29) is 12.6 Å². The molecule has 3 aromatic rings. The van der Waals surface area contributed by atoms with Crippen molar-refractivity contribution >= 4 is 0 Å². The predicted molar refractivity (Wildman–Crippen MR) is 139 cm³/mol. The molecule has 2 atom stereocenters. The van der Waals surface area contributed by atoms with Gasteiger partial charge in [-0.15, -0.1) is 6.58 Å². The molecule has 0 amide bonds. The number of hydrogen-bond donors (Lipinski definition) is 1. The lowest BCUT2D eigenvalue weighted by Crippen LogP contribution is -2.40. The van der Waals surface area contributed by atoms with Crippen LogP contribution in [0, 0.1) is 0 Å². The molecule has 2 aromatic carbocycles. The minimum atomic E-state index is -0.626. The van der Waals surface area contributed by atoms with Gasteiger partial charge in [-0.25, -0.2) is 4.68 Å². The number of aliphatic hydroxyl groups is 1. The third kappa shape index (κ3) is 6.94. The van der Waals surface area contributed by atoms with Crippen molar-refractivity contribution in [1.29, 1.82) is 0 Å². The monoisotopic (exact) mass is 479 g/mol. The highest BCUT2D eigenvalue weighted by Gasteiger charge is 2.26. The van der Waals surface area contributed by atoms with Gasteiger partial charge in [0.1, 0.15) is 5.69 Å². The molecule has 1 N–H and O–H groups in total. The van der Waals surface area contributed by atoms with Gasteiger partial charge >= 0.3 is 0 Å². The molecule has 0 spiro atoms. The van der Waals surface area contributed by atoms with Crippen molar-refractivity contribution in [3.05, 3.63) is 72.8 Å². The number of ether oxygens (including phenoxy) is 3. The fraction of sp³-hybridized carbons (Fsp3) is 0.393. The van der Waals surface area contributed by atoms with Crippen LogP contribution in [-0.4, -0.2) is 58.8 Å². The molecule has 1 heterocycles. The first-order valence-corrected chi connectivity index (χ1v) is 12.0. The van der Waals surface area contributed by atoms with Gasteiger partial charge in [-0.3, -0.25) is 4.90 Å². The Kier molecular flexibility index (Phi) is 9.90. The zero-order valence-electron chi connectivity index (χ0n) is 21.2. The maximum atomic E-state index is 10.7. The number of aliphatic hydroxyl groups excluding tert-OH is 1. The largest absolute Gasteiger partial charge is 0.493 e. The molecule has 0 aliphatic carbocycles. The van der Waals surface area contributed by atoms with Gasteiger partial charge < -0.3 is 19.3 Å². The second-order valence-electron chi connectivity index (χ2n) is 8.54. The van der Waals surface area contributed by atoms with Gasteiger partial charge in [0.25, 0.3) is 0 Å². The van der Waals surface area contributed by atoms with Gasteiger partial charge in [0, 0.05) is 31.7 Å². The molecule has 3 rings (SSSR count). The van der Waals surface area contributed by atoms with Crippen molar-refractivity contribution < 1.29 is 19.3 Å². The summed E-state index contributed by atoms with van der Waals surface area (Å²) in [5, 5.41) is 15.5. The second kappa shape index (κ2) is 13.1. The quantitative estimate of drug-likeness (QED) is 0.258. The van der Waals surface area contributed by atoms with Crippen molar-refractivity contribution in [3.63, 3.8) is 0 Å². The summed E-state index contributed by atoms with van der Waals surface area (Å²) in [5.74, 6) is 1.90. The first kappa shape index (κ1) is 26.5. The van der Waals surface area contributed by atoms with Crippen LogP contribution in [0.25, 0.3) is 11.3 Å². The molecule has 0 bridgehead atoms. The smallest absolute Gasteiger partial charge is 0.222 e. The summed E-state index contributed by atoms with van der Waals surface area (Å²) >= 11 is 0. The third-order valence-corrected chi connectivity index (χ3v) is 5.98. The summed E-state index contributed by atoms with van der Waals surface area (Å²) in [6.45, 7) is 9.65. The van der Waals surface area contributed by atoms with Crippen LogP contribution in [0.5, 0.6) is 17.4 Å². The molecule has 0 radical (unpaired) electrons. The van der Waals surface area contributed by atoms with E-state index in [0.29, 0.717) is 37.1 Å². The van der Waals surface area contributed by atoms with Gasteiger partial charge in [-0.2, -0.15) is 5.10 Å². The molecular formula is C28H37N3O4. The normalized spacial score (nSPS) is 13.0. The van der Waals surface area contributed by atoms with Gasteiger partial charge in [0.15, 0.2) is 11.5 Å². The SMILES string of the molecule is C=CCOCC(O)CN(Cc1c(-c2ccccc2)nn(C)c1Oc1ccccc1OC)C(C)CC. The van der Waals surface area contributed by atoms with Gasteiger partial charge in [-0.1, -0.05) is 55.5 Å². The summed E-state index contributed by atoms with van der Waals surface area (Å²) in [6.07, 6.45) is 1.99. The zero-order valence-corrected chi connectivity index (χ0v) is 21.2. The highest BCUT2D eigenvalue weighted by Crippen LogP contribution is 2.37. The van der Waals surface area contributed by atoms with Crippen molar-refractivity contribution in [3.8, 4) is 28.6 Å². The molecule has 188 valence electrons. The third-order valence-electron chi connectivity index (χ3n) is 5.98. The Morgan fingerprint density at radius 3 is 2.46 bits per heavy atom. The summed E-state index contributed by atoms with van der Waals surface area (Å²) in [5.41, 5.74) is 2.81. The minimum absolute atomic E-state index is 0.229. The van der Waals surface area contributed by atoms with Crippen LogP contribution in [0.2, 0.25) is 0 Å². The number of benzene rings is 2. The highest BCUT2D eigenvalue weighted by atomic mass is 16.5. The van der Waals surface area contributed by atoms with E-state index in [1.54, 1.807) is 17.9 Å². The van der Waals surface area contributed by atoms with E-state index in [1.165, 1.54) is 0 Å². The van der Waals surface area contributed by atoms with E-state index in [1.807, 2.05) is 61.6 Å². The number of methoxy groups -OCH3 is 1. The second-order valence-corrected chi connectivity index (χ2v) is 8.54. The lowest BCUT2D eigenvalue weighted by Gasteiger charge is -2.30. The fourth-order valence-corrected chi connectivity index (χ4v) is 3.93. The fourth-order valence-electron chi connectivity index (χ4n) is 3.93. The Balaban J connectivity index is 2.00. The molecule has 0 aliphatic rings. The molecule has 0 fully saturated rings. The topological polar surface area (TPSA) is 69.0 Å². The molecule has 0 aliphatic heterocycles. The van der Waals surface area contributed by atoms with E-state index in [4.69, 9.17) is 19.3 Å². The Hall–Kier alpha value is -3.13. The lowest BCUT2D eigenvalue weighted by molar-refractivity contribution is 0.0156. The van der Waals surface area contributed by atoms with Gasteiger partial charge in [-0.05, 0) is 25.5 Å². The maximum Gasteiger partial charge on any atom is 0.222 e. The maximum absolute atomic E-state index is 10.7. The van der Waals surface area contributed by atoms with Crippen LogP contribution in [0.15, 0.2) is 67.3 Å². The molecule has 7 heteroatoms. The van der Waals surface area contributed by atoms with Gasteiger partial charge in [0.2, 0.25) is 5.88 Å². The number of rotatable bonds is 14. The van der Waals surface area contributed by atoms with Crippen LogP contribution in [0.3, 0.4) is 0 Å². The number of hydrogen-bond acceptors (Lipinski definition) is 6. The molecule has 0 saturated heterocycles. The number of aryl methyl sites for hydroxylation is 1. The van der Waals surface area contributed by atoms with E-state index in [0.717, 1.165) is 23.2 Å². The van der Waals surface area contributed by atoms with E-state index in [2.05, 4.69) is 25.3 Å². The number of para-hydroxylation sites is 2. The summed E-state index contributed by atoms with van der Waals surface area (Å²) in [4.78, 5) is 2.25. The lowest BCUT2D eigenvalue weighted by atomic mass is 10.1. The molecule has 7 nitrogen and oxygen atoms in total. The Morgan fingerprint density at radius 2 is 1.80 bits per heavy atom.